The van der Waals surface area contributed by atoms with E-state index >= 15 is 0 Å². The number of anilines is 1. The molecule has 0 heterocycles. The smallest absolute Gasteiger partial charge is 0.243 e. The van der Waals surface area contributed by atoms with Crippen LogP contribution in [-0.4, -0.2) is 50.5 Å². The van der Waals surface area contributed by atoms with E-state index < -0.39 is 21.9 Å². The van der Waals surface area contributed by atoms with Crippen molar-refractivity contribution in [2.45, 2.75) is 52.6 Å². The van der Waals surface area contributed by atoms with Gasteiger partial charge in [0.05, 0.1) is 11.9 Å². The van der Waals surface area contributed by atoms with Gasteiger partial charge in [0.2, 0.25) is 21.8 Å². The van der Waals surface area contributed by atoms with Crippen LogP contribution >= 0.6 is 0 Å². The van der Waals surface area contributed by atoms with Gasteiger partial charge in [-0.2, -0.15) is 0 Å². The summed E-state index contributed by atoms with van der Waals surface area (Å²) in [6.07, 6.45) is 1.60. The van der Waals surface area contributed by atoms with E-state index in [-0.39, 0.29) is 44.2 Å². The second-order valence-corrected chi connectivity index (χ2v) is 11.8. The maximum absolute atomic E-state index is 14.7. The van der Waals surface area contributed by atoms with E-state index in [1.54, 1.807) is 31.2 Å². The van der Waals surface area contributed by atoms with Gasteiger partial charge in [-0.1, -0.05) is 54.6 Å². The molecule has 0 aromatic heterocycles. The average Bonchev–Trinajstić information content (AvgIpc) is 2.91. The van der Waals surface area contributed by atoms with Gasteiger partial charge >= 0.3 is 0 Å². The largest absolute Gasteiger partial charge is 0.355 e. The van der Waals surface area contributed by atoms with Gasteiger partial charge < -0.3 is 10.2 Å². The lowest BCUT2D eigenvalue weighted by Crippen LogP contribution is -2.50. The number of hydrogen-bond acceptors (Lipinski definition) is 4. The standard InChI is InChI=1S/C31H38FN3O4S/c1-5-33-31(37)29(21-25-12-7-6-8-13-25)34(22-26-14-9-10-15-28(26)32)30(36)16-11-19-35(40(4,38)39)27-18-17-23(2)24(3)20-27/h6-10,12-15,17-18,20,29H,5,11,16,19,21-22H2,1-4H3,(H,33,37)/t29-/m0/s1. The summed E-state index contributed by atoms with van der Waals surface area (Å²) in [6.45, 7) is 6.04. The summed E-state index contributed by atoms with van der Waals surface area (Å²) in [6, 6.07) is 20.1. The first-order valence-electron chi connectivity index (χ1n) is 13.4. The van der Waals surface area contributed by atoms with Crippen LogP contribution in [0.25, 0.3) is 0 Å². The summed E-state index contributed by atoms with van der Waals surface area (Å²) in [5.41, 5.74) is 3.70. The van der Waals surface area contributed by atoms with Crippen LogP contribution in [0.4, 0.5) is 10.1 Å². The monoisotopic (exact) mass is 567 g/mol. The van der Waals surface area contributed by atoms with Gasteiger partial charge in [-0.3, -0.25) is 13.9 Å². The van der Waals surface area contributed by atoms with Crippen molar-refractivity contribution in [3.8, 4) is 0 Å². The molecule has 3 rings (SSSR count). The molecule has 1 N–H and O–H groups in total. The van der Waals surface area contributed by atoms with Gasteiger partial charge in [0, 0.05) is 38.0 Å². The third-order valence-electron chi connectivity index (χ3n) is 6.85. The molecule has 0 aliphatic rings. The van der Waals surface area contributed by atoms with E-state index in [1.165, 1.54) is 15.3 Å². The van der Waals surface area contributed by atoms with Gasteiger partial charge in [-0.25, -0.2) is 12.8 Å². The van der Waals surface area contributed by atoms with Crippen molar-refractivity contribution in [2.75, 3.05) is 23.7 Å². The molecular formula is C31H38FN3O4S. The summed E-state index contributed by atoms with van der Waals surface area (Å²) in [5, 5.41) is 2.81. The van der Waals surface area contributed by atoms with Crippen LogP contribution in [-0.2, 0) is 32.6 Å². The number of nitrogens with zero attached hydrogens (tertiary/aromatic N) is 2. The number of amides is 2. The molecular weight excluding hydrogens is 529 g/mol. The molecule has 7 nitrogen and oxygen atoms in total. The van der Waals surface area contributed by atoms with E-state index in [2.05, 4.69) is 5.32 Å². The Morgan fingerprint density at radius 3 is 2.25 bits per heavy atom. The summed E-state index contributed by atoms with van der Waals surface area (Å²) in [5.74, 6) is -1.15. The van der Waals surface area contributed by atoms with Gasteiger partial charge in [0.25, 0.3) is 0 Å². The van der Waals surface area contributed by atoms with Crippen molar-refractivity contribution < 1.29 is 22.4 Å². The van der Waals surface area contributed by atoms with Crippen molar-refractivity contribution in [1.29, 1.82) is 0 Å². The number of hydrogen-bond donors (Lipinski definition) is 1. The zero-order valence-corrected chi connectivity index (χ0v) is 24.4. The molecule has 40 heavy (non-hydrogen) atoms. The molecule has 0 unspecified atom stereocenters. The van der Waals surface area contributed by atoms with Crippen molar-refractivity contribution in [1.82, 2.24) is 10.2 Å². The summed E-state index contributed by atoms with van der Waals surface area (Å²) < 4.78 is 41.2. The Morgan fingerprint density at radius 1 is 0.950 bits per heavy atom. The third-order valence-corrected chi connectivity index (χ3v) is 8.05. The van der Waals surface area contributed by atoms with E-state index in [1.807, 2.05) is 56.3 Å². The zero-order chi connectivity index (χ0) is 29.3. The minimum absolute atomic E-state index is 0.0178. The predicted molar refractivity (Wildman–Crippen MR) is 157 cm³/mol. The minimum Gasteiger partial charge on any atom is -0.355 e. The maximum Gasteiger partial charge on any atom is 0.243 e. The van der Waals surface area contributed by atoms with Crippen LogP contribution in [0.2, 0.25) is 0 Å². The number of likely N-dealkylation sites (N-methyl/N-ethyl adjacent to an activating group) is 1. The Morgan fingerprint density at radius 2 is 1.62 bits per heavy atom. The highest BCUT2D eigenvalue weighted by Gasteiger charge is 2.31. The number of benzene rings is 3. The van der Waals surface area contributed by atoms with Crippen LogP contribution in [0.1, 0.15) is 42.0 Å². The van der Waals surface area contributed by atoms with Crippen molar-refractivity contribution >= 4 is 27.5 Å². The fourth-order valence-electron chi connectivity index (χ4n) is 4.54. The molecule has 0 fully saturated rings. The fourth-order valence-corrected chi connectivity index (χ4v) is 5.50. The number of carbonyl (C=O) groups is 2. The van der Waals surface area contributed by atoms with Gasteiger partial charge in [-0.15, -0.1) is 0 Å². The molecule has 0 saturated heterocycles. The number of carbonyl (C=O) groups excluding carboxylic acids is 2. The second kappa shape index (κ2) is 14.1. The molecule has 0 radical (unpaired) electrons. The second-order valence-electron chi connectivity index (χ2n) is 9.92. The third kappa shape index (κ3) is 8.39. The lowest BCUT2D eigenvalue weighted by atomic mass is 10.0. The number of aryl methyl sites for hydroxylation is 2. The Balaban J connectivity index is 1.87. The molecule has 214 valence electrons. The average molecular weight is 568 g/mol. The lowest BCUT2D eigenvalue weighted by Gasteiger charge is -2.32. The van der Waals surface area contributed by atoms with Crippen LogP contribution < -0.4 is 9.62 Å². The van der Waals surface area contributed by atoms with Crippen LogP contribution in [0.3, 0.4) is 0 Å². The number of halogens is 1. The summed E-state index contributed by atoms with van der Waals surface area (Å²) in [7, 11) is -3.60. The Hall–Kier alpha value is -3.72. The molecule has 3 aromatic rings. The summed E-state index contributed by atoms with van der Waals surface area (Å²) in [4.78, 5) is 28.4. The fraction of sp³-hybridized carbons (Fsp3) is 0.355. The van der Waals surface area contributed by atoms with E-state index in [9.17, 15) is 22.4 Å². The Bertz CT molecular complexity index is 1410. The van der Waals surface area contributed by atoms with Crippen LogP contribution in [0.15, 0.2) is 72.8 Å². The van der Waals surface area contributed by atoms with E-state index in [0.29, 0.717) is 17.8 Å². The Kier molecular flexibility index (Phi) is 10.8. The van der Waals surface area contributed by atoms with Gasteiger partial charge in [-0.05, 0) is 62.1 Å². The number of rotatable bonds is 13. The molecule has 1 atom stereocenters. The highest BCUT2D eigenvalue weighted by Crippen LogP contribution is 2.23. The first kappa shape index (κ1) is 30.8. The molecule has 0 bridgehead atoms. The van der Waals surface area contributed by atoms with Gasteiger partial charge in [0.15, 0.2) is 0 Å². The SMILES string of the molecule is CCNC(=O)[C@H](Cc1ccccc1)N(Cc1ccccc1F)C(=O)CCCN(c1ccc(C)c(C)c1)S(C)(=O)=O. The molecule has 0 spiro atoms. The number of sulfonamides is 1. The molecule has 9 heteroatoms. The first-order valence-corrected chi connectivity index (χ1v) is 15.3. The molecule has 0 aliphatic carbocycles. The quantitative estimate of drug-likeness (QED) is 0.323. The van der Waals surface area contributed by atoms with Crippen LogP contribution in [0, 0.1) is 19.7 Å². The molecule has 0 aliphatic heterocycles. The van der Waals surface area contributed by atoms with Crippen molar-refractivity contribution in [2.24, 2.45) is 0 Å². The minimum atomic E-state index is -3.60. The van der Waals surface area contributed by atoms with E-state index in [0.717, 1.165) is 22.9 Å². The molecule has 0 saturated carbocycles. The van der Waals surface area contributed by atoms with Gasteiger partial charge in [0.1, 0.15) is 11.9 Å². The van der Waals surface area contributed by atoms with Crippen molar-refractivity contribution in [3.63, 3.8) is 0 Å². The van der Waals surface area contributed by atoms with E-state index in [4.69, 9.17) is 0 Å². The highest BCUT2D eigenvalue weighted by atomic mass is 32.2. The Labute approximate surface area is 237 Å². The number of nitrogens with one attached hydrogen (secondary N) is 1. The highest BCUT2D eigenvalue weighted by molar-refractivity contribution is 7.92. The summed E-state index contributed by atoms with van der Waals surface area (Å²) >= 11 is 0. The first-order chi connectivity index (χ1) is 19.0. The maximum atomic E-state index is 14.7. The van der Waals surface area contributed by atoms with Crippen LogP contribution in [0.5, 0.6) is 0 Å². The zero-order valence-electron chi connectivity index (χ0n) is 23.6. The molecule has 2 amide bonds. The predicted octanol–water partition coefficient (Wildman–Crippen LogP) is 4.76. The normalized spacial score (nSPS) is 12.0. The lowest BCUT2D eigenvalue weighted by molar-refractivity contribution is -0.141. The van der Waals surface area contributed by atoms with Crippen molar-refractivity contribution in [3.05, 3.63) is 101 Å². The molecule has 3 aromatic carbocycles. The topological polar surface area (TPSA) is 86.8 Å².